The number of hydrogen-bond acceptors (Lipinski definition) is 7. The van der Waals surface area contributed by atoms with Crippen molar-refractivity contribution in [3.8, 4) is 0 Å². The van der Waals surface area contributed by atoms with Gasteiger partial charge in [-0.3, -0.25) is 0 Å². The number of nitrogens with one attached hydrogen (secondary N) is 2. The van der Waals surface area contributed by atoms with E-state index < -0.39 is 0 Å². The van der Waals surface area contributed by atoms with Crippen molar-refractivity contribution < 1.29 is 0 Å². The third-order valence-corrected chi connectivity index (χ3v) is 4.63. The van der Waals surface area contributed by atoms with Gasteiger partial charge < -0.3 is 15.5 Å². The van der Waals surface area contributed by atoms with E-state index in [1.807, 2.05) is 19.9 Å². The van der Waals surface area contributed by atoms with Crippen LogP contribution in [0.2, 0.25) is 0 Å². The molecule has 28 heavy (non-hydrogen) atoms. The zero-order valence-corrected chi connectivity index (χ0v) is 17.6. The Balaban J connectivity index is 1.81. The van der Waals surface area contributed by atoms with Crippen LogP contribution < -0.4 is 10.6 Å². The summed E-state index contributed by atoms with van der Waals surface area (Å²) in [7, 11) is 4.15. The quantitative estimate of drug-likeness (QED) is 0.605. The minimum absolute atomic E-state index is 0.524. The molecule has 0 aliphatic rings. The fourth-order valence-electron chi connectivity index (χ4n) is 2.95. The maximum absolute atomic E-state index is 4.75. The second kappa shape index (κ2) is 8.48. The van der Waals surface area contributed by atoms with Gasteiger partial charge in [0.15, 0.2) is 5.82 Å². The summed E-state index contributed by atoms with van der Waals surface area (Å²) >= 11 is 0. The van der Waals surface area contributed by atoms with E-state index in [1.54, 1.807) is 0 Å². The maximum Gasteiger partial charge on any atom is 0.230 e. The van der Waals surface area contributed by atoms with Gasteiger partial charge >= 0.3 is 0 Å². The molecule has 0 atom stereocenters. The lowest BCUT2D eigenvalue weighted by Gasteiger charge is -2.13. The van der Waals surface area contributed by atoms with Crippen LogP contribution in [0.5, 0.6) is 0 Å². The average Bonchev–Trinajstić information content (AvgIpc) is 2.61. The summed E-state index contributed by atoms with van der Waals surface area (Å²) in [5.74, 6) is 2.02. The average molecular weight is 380 g/mol. The molecule has 3 aromatic rings. The molecule has 0 amide bonds. The lowest BCUT2D eigenvalue weighted by Crippen LogP contribution is -2.17. The molecule has 0 saturated heterocycles. The fourth-order valence-corrected chi connectivity index (χ4v) is 2.95. The van der Waals surface area contributed by atoms with Gasteiger partial charge in [-0.1, -0.05) is 0 Å². The normalized spacial score (nSPS) is 11.2. The molecule has 7 heteroatoms. The van der Waals surface area contributed by atoms with E-state index in [0.717, 1.165) is 47.7 Å². The van der Waals surface area contributed by atoms with Gasteiger partial charge in [-0.2, -0.15) is 4.98 Å². The first kappa shape index (κ1) is 19.9. The molecule has 2 heterocycles. The first-order valence-electron chi connectivity index (χ1n) is 9.59. The van der Waals surface area contributed by atoms with Crippen molar-refractivity contribution in [3.05, 3.63) is 40.7 Å². The molecular weight excluding hydrogens is 350 g/mol. The van der Waals surface area contributed by atoms with E-state index in [-0.39, 0.29) is 0 Å². The highest BCUT2D eigenvalue weighted by atomic mass is 15.2. The Morgan fingerprint density at radius 1 is 0.857 bits per heavy atom. The second-order valence-corrected chi connectivity index (χ2v) is 7.51. The molecule has 148 valence electrons. The Morgan fingerprint density at radius 3 is 2.21 bits per heavy atom. The fraction of sp³-hybridized carbons (Fsp3) is 0.429. The number of anilines is 3. The van der Waals surface area contributed by atoms with E-state index in [2.05, 4.69) is 65.6 Å². The van der Waals surface area contributed by atoms with Crippen molar-refractivity contribution in [2.45, 2.75) is 34.1 Å². The number of benzene rings is 1. The van der Waals surface area contributed by atoms with E-state index in [0.29, 0.717) is 11.8 Å². The van der Waals surface area contributed by atoms with Gasteiger partial charge in [0.1, 0.15) is 5.82 Å². The van der Waals surface area contributed by atoms with Crippen LogP contribution in [0.25, 0.3) is 11.0 Å². The molecule has 2 N–H and O–H groups in total. The van der Waals surface area contributed by atoms with Crippen LogP contribution in [-0.2, 0) is 0 Å². The Hall–Kier alpha value is -2.80. The van der Waals surface area contributed by atoms with Crippen molar-refractivity contribution >= 4 is 28.6 Å². The molecule has 0 saturated carbocycles. The molecule has 0 aliphatic carbocycles. The third kappa shape index (κ3) is 4.92. The first-order chi connectivity index (χ1) is 13.3. The smallest absolute Gasteiger partial charge is 0.230 e. The predicted molar refractivity (Wildman–Crippen MR) is 115 cm³/mol. The zero-order valence-electron chi connectivity index (χ0n) is 17.6. The number of aryl methyl sites for hydroxylation is 4. The highest BCUT2D eigenvalue weighted by molar-refractivity contribution is 5.78. The number of aromatic nitrogens is 4. The minimum Gasteiger partial charge on any atom is -0.370 e. The zero-order chi connectivity index (χ0) is 20.3. The van der Waals surface area contributed by atoms with Crippen LogP contribution in [0, 0.1) is 27.7 Å². The van der Waals surface area contributed by atoms with Crippen molar-refractivity contribution in [2.24, 2.45) is 0 Å². The summed E-state index contributed by atoms with van der Waals surface area (Å²) in [6.07, 6.45) is 1.05. The van der Waals surface area contributed by atoms with Crippen LogP contribution >= 0.6 is 0 Å². The van der Waals surface area contributed by atoms with Crippen molar-refractivity contribution in [3.63, 3.8) is 0 Å². The predicted octanol–water partition coefficient (Wildman–Crippen LogP) is 3.76. The van der Waals surface area contributed by atoms with Crippen LogP contribution in [-0.4, -0.2) is 52.0 Å². The summed E-state index contributed by atoms with van der Waals surface area (Å²) in [6.45, 7) is 9.98. The van der Waals surface area contributed by atoms with E-state index in [1.165, 1.54) is 11.1 Å². The maximum atomic E-state index is 4.75. The third-order valence-electron chi connectivity index (χ3n) is 4.63. The van der Waals surface area contributed by atoms with Crippen molar-refractivity contribution in [1.29, 1.82) is 0 Å². The Labute approximate surface area is 166 Å². The molecule has 0 fully saturated rings. The summed E-state index contributed by atoms with van der Waals surface area (Å²) < 4.78 is 0. The lowest BCUT2D eigenvalue weighted by atomic mass is 10.1. The lowest BCUT2D eigenvalue weighted by molar-refractivity contribution is 0.405. The number of fused-ring (bicyclic) bond motifs is 1. The molecular formula is C21H29N7. The molecule has 0 bridgehead atoms. The second-order valence-electron chi connectivity index (χ2n) is 7.51. The molecule has 2 aromatic heterocycles. The molecule has 1 aromatic carbocycles. The molecule has 0 radical (unpaired) electrons. The van der Waals surface area contributed by atoms with Gasteiger partial charge in [0.05, 0.1) is 16.7 Å². The van der Waals surface area contributed by atoms with Gasteiger partial charge in [-0.05, 0) is 78.0 Å². The summed E-state index contributed by atoms with van der Waals surface area (Å²) in [4.78, 5) is 20.7. The largest absolute Gasteiger partial charge is 0.370 e. The van der Waals surface area contributed by atoms with Crippen molar-refractivity contribution in [2.75, 3.05) is 37.8 Å². The van der Waals surface area contributed by atoms with Crippen molar-refractivity contribution in [1.82, 2.24) is 24.8 Å². The van der Waals surface area contributed by atoms with Gasteiger partial charge in [0, 0.05) is 18.3 Å². The minimum atomic E-state index is 0.524. The Morgan fingerprint density at radius 2 is 1.54 bits per heavy atom. The standard InChI is InChI=1S/C21H29N7/c1-13-10-17-18(11-14(13)2)25-20(16(4)24-17)27-21-23-15(3)12-19(26-21)22-8-7-9-28(5)6/h10-12H,7-9H2,1-6H3,(H2,22,23,25,26,27). The summed E-state index contributed by atoms with van der Waals surface area (Å²) in [5.41, 5.74) is 5.90. The molecule has 7 nitrogen and oxygen atoms in total. The van der Waals surface area contributed by atoms with Crippen LogP contribution in [0.15, 0.2) is 18.2 Å². The topological polar surface area (TPSA) is 78.9 Å². The monoisotopic (exact) mass is 379 g/mol. The highest BCUT2D eigenvalue weighted by Gasteiger charge is 2.10. The summed E-state index contributed by atoms with van der Waals surface area (Å²) in [6, 6.07) is 6.09. The number of hydrogen-bond donors (Lipinski definition) is 2. The van der Waals surface area contributed by atoms with Gasteiger partial charge in [-0.15, -0.1) is 0 Å². The van der Waals surface area contributed by atoms with E-state index in [9.17, 15) is 0 Å². The van der Waals surface area contributed by atoms with E-state index >= 15 is 0 Å². The number of nitrogens with zero attached hydrogens (tertiary/aromatic N) is 5. The Bertz CT molecular complexity index is 982. The first-order valence-corrected chi connectivity index (χ1v) is 9.59. The van der Waals surface area contributed by atoms with Gasteiger partial charge in [0.25, 0.3) is 0 Å². The van der Waals surface area contributed by atoms with Crippen LogP contribution in [0.1, 0.15) is 28.9 Å². The SMILES string of the molecule is Cc1cc(NCCCN(C)C)nc(Nc2nc3cc(C)c(C)cc3nc2C)n1. The molecule has 0 aliphatic heterocycles. The van der Waals surface area contributed by atoms with E-state index in [4.69, 9.17) is 9.97 Å². The highest BCUT2D eigenvalue weighted by Crippen LogP contribution is 2.22. The number of rotatable bonds is 7. The van der Waals surface area contributed by atoms with Crippen LogP contribution in [0.3, 0.4) is 0 Å². The molecule has 0 spiro atoms. The van der Waals surface area contributed by atoms with Crippen LogP contribution in [0.4, 0.5) is 17.6 Å². The van der Waals surface area contributed by atoms with Gasteiger partial charge in [-0.25, -0.2) is 15.0 Å². The molecule has 3 rings (SSSR count). The van der Waals surface area contributed by atoms with Gasteiger partial charge in [0.2, 0.25) is 5.95 Å². The Kier molecular flexibility index (Phi) is 6.04. The summed E-state index contributed by atoms with van der Waals surface area (Å²) in [5, 5.41) is 6.62. The molecule has 0 unspecified atom stereocenters.